The number of nitrogens with one attached hydrogen (secondary N) is 1. The van der Waals surface area contributed by atoms with Crippen LogP contribution in [-0.4, -0.2) is 22.5 Å². The molecule has 0 aliphatic carbocycles. The molecule has 0 unspecified atom stereocenters. The molecule has 112 valence electrons. The number of hydrogen-bond donors (Lipinski definition) is 1. The van der Waals surface area contributed by atoms with Crippen molar-refractivity contribution in [1.82, 2.24) is 10.2 Å². The number of rotatable bonds is 1. The highest BCUT2D eigenvalue weighted by molar-refractivity contribution is 9.10. The normalized spacial score (nSPS) is 13.4. The molecule has 0 fully saturated rings. The zero-order chi connectivity index (χ0) is 15.5. The van der Waals surface area contributed by atoms with Crippen LogP contribution in [0.1, 0.15) is 21.5 Å². The first kappa shape index (κ1) is 15.2. The Labute approximate surface area is 143 Å². The molecule has 22 heavy (non-hydrogen) atoms. The van der Waals surface area contributed by atoms with Crippen molar-refractivity contribution < 1.29 is 4.79 Å². The number of thiocarbonyl (C=S) groups is 1. The van der Waals surface area contributed by atoms with E-state index in [1.54, 1.807) is 12.1 Å². The fourth-order valence-corrected chi connectivity index (χ4v) is 3.19. The van der Waals surface area contributed by atoms with Gasteiger partial charge in [0.05, 0.1) is 0 Å². The molecule has 5 heteroatoms. The van der Waals surface area contributed by atoms with Crippen LogP contribution >= 0.6 is 28.1 Å². The maximum atomic E-state index is 12.2. The molecule has 0 bridgehead atoms. The lowest BCUT2D eigenvalue weighted by Crippen LogP contribution is -2.44. The smallest absolute Gasteiger partial charge is 0.257 e. The van der Waals surface area contributed by atoms with Gasteiger partial charge in [-0.1, -0.05) is 46.3 Å². The molecule has 0 atom stereocenters. The molecule has 3 rings (SSSR count). The molecule has 0 saturated carbocycles. The van der Waals surface area contributed by atoms with Gasteiger partial charge >= 0.3 is 0 Å². The minimum absolute atomic E-state index is 0.176. The SMILES string of the molecule is O=C(NC(=S)N1CCc2ccccc2C1)c1cccc(Br)c1. The van der Waals surface area contributed by atoms with Gasteiger partial charge in [0, 0.05) is 23.1 Å². The summed E-state index contributed by atoms with van der Waals surface area (Å²) in [6, 6.07) is 15.6. The fraction of sp³-hybridized carbons (Fsp3) is 0.176. The first-order chi connectivity index (χ1) is 10.6. The van der Waals surface area contributed by atoms with Crippen LogP contribution in [0.25, 0.3) is 0 Å². The van der Waals surface area contributed by atoms with Gasteiger partial charge < -0.3 is 4.90 Å². The predicted molar refractivity (Wildman–Crippen MR) is 94.8 cm³/mol. The van der Waals surface area contributed by atoms with Gasteiger partial charge in [-0.15, -0.1) is 0 Å². The topological polar surface area (TPSA) is 32.3 Å². The molecule has 0 saturated heterocycles. The van der Waals surface area contributed by atoms with Crippen molar-refractivity contribution in [2.24, 2.45) is 0 Å². The molecule has 0 aromatic heterocycles. The third-order valence-corrected chi connectivity index (χ3v) is 4.58. The molecular weight excluding hydrogens is 360 g/mol. The molecule has 1 N–H and O–H groups in total. The van der Waals surface area contributed by atoms with Crippen molar-refractivity contribution in [3.63, 3.8) is 0 Å². The number of halogens is 1. The van der Waals surface area contributed by atoms with Gasteiger partial charge in [0.1, 0.15) is 0 Å². The number of carbonyl (C=O) groups excluding carboxylic acids is 1. The van der Waals surface area contributed by atoms with Crippen molar-refractivity contribution in [1.29, 1.82) is 0 Å². The van der Waals surface area contributed by atoms with Crippen LogP contribution in [0.4, 0.5) is 0 Å². The Bertz CT molecular complexity index is 732. The van der Waals surface area contributed by atoms with Crippen molar-refractivity contribution in [2.75, 3.05) is 6.54 Å². The predicted octanol–water partition coefficient (Wildman–Crippen LogP) is 3.52. The van der Waals surface area contributed by atoms with E-state index in [2.05, 4.69) is 39.4 Å². The standard InChI is InChI=1S/C17H15BrN2OS/c18-15-7-3-6-13(10-15)16(21)19-17(22)20-9-8-12-4-1-2-5-14(12)11-20/h1-7,10H,8-9,11H2,(H,19,21,22). The maximum absolute atomic E-state index is 12.2. The van der Waals surface area contributed by atoms with Crippen molar-refractivity contribution >= 4 is 39.2 Å². The second-order valence-corrected chi connectivity index (χ2v) is 6.51. The summed E-state index contributed by atoms with van der Waals surface area (Å²) in [7, 11) is 0. The number of carbonyl (C=O) groups is 1. The molecule has 1 aliphatic rings. The Kier molecular flexibility index (Phi) is 4.55. The Morgan fingerprint density at radius 1 is 1.14 bits per heavy atom. The zero-order valence-electron chi connectivity index (χ0n) is 11.9. The maximum Gasteiger partial charge on any atom is 0.257 e. The Balaban J connectivity index is 1.67. The second-order valence-electron chi connectivity index (χ2n) is 5.21. The van der Waals surface area contributed by atoms with Gasteiger partial charge in [-0.2, -0.15) is 0 Å². The molecule has 2 aromatic carbocycles. The monoisotopic (exact) mass is 374 g/mol. The number of hydrogen-bond acceptors (Lipinski definition) is 2. The number of nitrogens with zero attached hydrogens (tertiary/aromatic N) is 1. The van der Waals surface area contributed by atoms with Gasteiger partial charge in [0.2, 0.25) is 0 Å². The summed E-state index contributed by atoms with van der Waals surface area (Å²) in [5.41, 5.74) is 3.22. The molecule has 0 spiro atoms. The fourth-order valence-electron chi connectivity index (χ4n) is 2.55. The van der Waals surface area contributed by atoms with Gasteiger partial charge in [-0.05, 0) is 48.0 Å². The van der Waals surface area contributed by atoms with Crippen LogP contribution in [0.2, 0.25) is 0 Å². The van der Waals surface area contributed by atoms with E-state index in [-0.39, 0.29) is 5.91 Å². The van der Waals surface area contributed by atoms with Crippen molar-refractivity contribution in [3.05, 3.63) is 69.7 Å². The summed E-state index contributed by atoms with van der Waals surface area (Å²) in [5, 5.41) is 3.31. The highest BCUT2D eigenvalue weighted by Gasteiger charge is 2.19. The largest absolute Gasteiger partial charge is 0.344 e. The Morgan fingerprint density at radius 3 is 2.68 bits per heavy atom. The van der Waals surface area contributed by atoms with E-state index in [9.17, 15) is 4.79 Å². The van der Waals surface area contributed by atoms with Crippen LogP contribution in [0.5, 0.6) is 0 Å². The molecule has 1 heterocycles. The first-order valence-electron chi connectivity index (χ1n) is 7.06. The highest BCUT2D eigenvalue weighted by Crippen LogP contribution is 2.18. The van der Waals surface area contributed by atoms with Crippen LogP contribution < -0.4 is 5.32 Å². The number of amides is 1. The average Bonchev–Trinajstić information content (AvgIpc) is 2.54. The van der Waals surface area contributed by atoms with Gasteiger partial charge in [0.15, 0.2) is 5.11 Å². The van der Waals surface area contributed by atoms with Gasteiger partial charge in [-0.3, -0.25) is 10.1 Å². The number of benzene rings is 2. The average molecular weight is 375 g/mol. The van der Waals surface area contributed by atoms with Crippen molar-refractivity contribution in [2.45, 2.75) is 13.0 Å². The van der Waals surface area contributed by atoms with E-state index >= 15 is 0 Å². The van der Waals surface area contributed by atoms with Crippen LogP contribution in [0, 0.1) is 0 Å². The van der Waals surface area contributed by atoms with Gasteiger partial charge in [0.25, 0.3) is 5.91 Å². The summed E-state index contributed by atoms with van der Waals surface area (Å²) in [6.45, 7) is 1.57. The third-order valence-electron chi connectivity index (χ3n) is 3.73. The number of fused-ring (bicyclic) bond motifs is 1. The Hall–Kier alpha value is -1.72. The van der Waals surface area contributed by atoms with Crippen LogP contribution in [0.15, 0.2) is 53.0 Å². The summed E-state index contributed by atoms with van der Waals surface area (Å²) in [4.78, 5) is 14.3. The van der Waals surface area contributed by atoms with E-state index in [1.165, 1.54) is 11.1 Å². The van der Waals surface area contributed by atoms with E-state index in [0.717, 1.165) is 24.0 Å². The van der Waals surface area contributed by atoms with Gasteiger partial charge in [-0.25, -0.2) is 0 Å². The summed E-state index contributed by atoms with van der Waals surface area (Å²) in [5.74, 6) is -0.176. The zero-order valence-corrected chi connectivity index (χ0v) is 14.3. The van der Waals surface area contributed by atoms with Crippen molar-refractivity contribution in [3.8, 4) is 0 Å². The highest BCUT2D eigenvalue weighted by atomic mass is 79.9. The molecule has 3 nitrogen and oxygen atoms in total. The van der Waals surface area contributed by atoms with E-state index in [4.69, 9.17) is 12.2 Å². The lowest BCUT2D eigenvalue weighted by molar-refractivity contribution is 0.0972. The third kappa shape index (κ3) is 3.36. The summed E-state index contributed by atoms with van der Waals surface area (Å²) >= 11 is 8.76. The summed E-state index contributed by atoms with van der Waals surface area (Å²) < 4.78 is 0.873. The van der Waals surface area contributed by atoms with E-state index in [1.807, 2.05) is 23.1 Å². The lowest BCUT2D eigenvalue weighted by Gasteiger charge is -2.30. The minimum Gasteiger partial charge on any atom is -0.344 e. The van der Waals surface area contributed by atoms with E-state index < -0.39 is 0 Å². The molecular formula is C17H15BrN2OS. The van der Waals surface area contributed by atoms with E-state index in [0.29, 0.717) is 10.7 Å². The first-order valence-corrected chi connectivity index (χ1v) is 8.26. The lowest BCUT2D eigenvalue weighted by atomic mass is 10.0. The van der Waals surface area contributed by atoms with Crippen LogP contribution in [0.3, 0.4) is 0 Å². The quantitative estimate of drug-likeness (QED) is 0.775. The minimum atomic E-state index is -0.176. The second kappa shape index (κ2) is 6.58. The summed E-state index contributed by atoms with van der Waals surface area (Å²) in [6.07, 6.45) is 0.947. The molecule has 1 aliphatic heterocycles. The molecule has 0 radical (unpaired) electrons. The van der Waals surface area contributed by atoms with Crippen LogP contribution in [-0.2, 0) is 13.0 Å². The molecule has 1 amide bonds. The Morgan fingerprint density at radius 2 is 1.91 bits per heavy atom. The molecule has 2 aromatic rings.